The Morgan fingerprint density at radius 2 is 1.83 bits per heavy atom. The minimum atomic E-state index is -0.190. The predicted molar refractivity (Wildman–Crippen MR) is 96.7 cm³/mol. The van der Waals surface area contributed by atoms with Crippen LogP contribution in [0.1, 0.15) is 32.9 Å². The SMILES string of the molecule is CN1CCC(NC(=O)c2ccccc2NC(=O)c2cccs2)CC1. The van der Waals surface area contributed by atoms with Crippen LogP contribution in [0.4, 0.5) is 5.69 Å². The van der Waals surface area contributed by atoms with Crippen molar-refractivity contribution in [1.29, 1.82) is 0 Å². The second kappa shape index (κ2) is 7.59. The number of amides is 2. The Kier molecular flexibility index (Phi) is 5.27. The van der Waals surface area contributed by atoms with Crippen molar-refractivity contribution in [2.45, 2.75) is 18.9 Å². The third kappa shape index (κ3) is 4.01. The summed E-state index contributed by atoms with van der Waals surface area (Å²) >= 11 is 1.38. The lowest BCUT2D eigenvalue weighted by Gasteiger charge is -2.29. The molecule has 0 unspecified atom stereocenters. The van der Waals surface area contributed by atoms with Gasteiger partial charge in [-0.15, -0.1) is 11.3 Å². The van der Waals surface area contributed by atoms with E-state index in [9.17, 15) is 9.59 Å². The number of carbonyl (C=O) groups is 2. The van der Waals surface area contributed by atoms with E-state index < -0.39 is 0 Å². The van der Waals surface area contributed by atoms with E-state index in [1.165, 1.54) is 11.3 Å². The monoisotopic (exact) mass is 343 g/mol. The number of hydrogen-bond donors (Lipinski definition) is 2. The molecule has 0 atom stereocenters. The average molecular weight is 343 g/mol. The standard InChI is InChI=1S/C18H21N3O2S/c1-21-10-8-13(9-11-21)19-17(22)14-5-2-3-6-15(14)20-18(23)16-7-4-12-24-16/h2-7,12-13H,8-11H2,1H3,(H,19,22)(H,20,23). The first-order valence-corrected chi connectivity index (χ1v) is 8.95. The summed E-state index contributed by atoms with van der Waals surface area (Å²) in [4.78, 5) is 27.7. The first-order valence-electron chi connectivity index (χ1n) is 8.07. The number of piperidine rings is 1. The van der Waals surface area contributed by atoms with Crippen molar-refractivity contribution in [3.63, 3.8) is 0 Å². The molecule has 3 rings (SSSR count). The molecule has 0 radical (unpaired) electrons. The minimum Gasteiger partial charge on any atom is -0.349 e. The van der Waals surface area contributed by atoms with E-state index in [1.807, 2.05) is 23.6 Å². The number of para-hydroxylation sites is 1. The van der Waals surface area contributed by atoms with E-state index in [0.717, 1.165) is 25.9 Å². The molecule has 2 amide bonds. The summed E-state index contributed by atoms with van der Waals surface area (Å²) in [5.74, 6) is -0.323. The van der Waals surface area contributed by atoms with Crippen molar-refractivity contribution in [3.8, 4) is 0 Å². The van der Waals surface area contributed by atoms with Crippen molar-refractivity contribution >= 4 is 28.8 Å². The molecule has 1 aliphatic rings. The number of benzene rings is 1. The van der Waals surface area contributed by atoms with Gasteiger partial charge in [-0.1, -0.05) is 18.2 Å². The fourth-order valence-corrected chi connectivity index (χ4v) is 3.42. The summed E-state index contributed by atoms with van der Waals surface area (Å²) in [5.41, 5.74) is 1.04. The highest BCUT2D eigenvalue weighted by Gasteiger charge is 2.21. The van der Waals surface area contributed by atoms with Crippen molar-refractivity contribution in [3.05, 3.63) is 52.2 Å². The first-order chi connectivity index (χ1) is 11.6. The van der Waals surface area contributed by atoms with Gasteiger partial charge in [0, 0.05) is 6.04 Å². The molecule has 0 spiro atoms. The zero-order valence-electron chi connectivity index (χ0n) is 13.6. The maximum atomic E-state index is 12.6. The highest BCUT2D eigenvalue weighted by atomic mass is 32.1. The molecule has 1 saturated heterocycles. The largest absolute Gasteiger partial charge is 0.349 e. The van der Waals surface area contributed by atoms with Gasteiger partial charge in [-0.2, -0.15) is 0 Å². The zero-order valence-corrected chi connectivity index (χ0v) is 14.4. The van der Waals surface area contributed by atoms with Gasteiger partial charge in [-0.25, -0.2) is 0 Å². The molecule has 126 valence electrons. The third-order valence-corrected chi connectivity index (χ3v) is 5.09. The van der Waals surface area contributed by atoms with Crippen LogP contribution in [0, 0.1) is 0 Å². The molecule has 2 aromatic rings. The van der Waals surface area contributed by atoms with Crippen molar-refractivity contribution in [1.82, 2.24) is 10.2 Å². The molecule has 2 N–H and O–H groups in total. The average Bonchev–Trinajstić information content (AvgIpc) is 3.12. The maximum Gasteiger partial charge on any atom is 0.265 e. The van der Waals surface area contributed by atoms with Crippen LogP contribution in [-0.4, -0.2) is 42.9 Å². The number of rotatable bonds is 4. The Morgan fingerprint density at radius 3 is 2.54 bits per heavy atom. The van der Waals surface area contributed by atoms with Crippen LogP contribution in [0.25, 0.3) is 0 Å². The second-order valence-corrected chi connectivity index (χ2v) is 6.98. The normalized spacial score (nSPS) is 15.9. The zero-order chi connectivity index (χ0) is 16.9. The van der Waals surface area contributed by atoms with Gasteiger partial charge in [0.05, 0.1) is 16.1 Å². The van der Waals surface area contributed by atoms with Crippen LogP contribution < -0.4 is 10.6 Å². The molecule has 6 heteroatoms. The summed E-state index contributed by atoms with van der Waals surface area (Å²) in [6.45, 7) is 1.98. The number of anilines is 1. The van der Waals surface area contributed by atoms with Gasteiger partial charge in [0.25, 0.3) is 11.8 Å². The Balaban J connectivity index is 1.69. The Labute approximate surface area is 145 Å². The van der Waals surface area contributed by atoms with Gasteiger partial charge in [0.15, 0.2) is 0 Å². The molecular weight excluding hydrogens is 322 g/mol. The highest BCUT2D eigenvalue weighted by molar-refractivity contribution is 7.12. The Morgan fingerprint density at radius 1 is 1.08 bits per heavy atom. The van der Waals surface area contributed by atoms with Crippen LogP contribution in [0.2, 0.25) is 0 Å². The number of likely N-dealkylation sites (tertiary alicyclic amines) is 1. The van der Waals surface area contributed by atoms with E-state index >= 15 is 0 Å². The smallest absolute Gasteiger partial charge is 0.265 e. The van der Waals surface area contributed by atoms with Gasteiger partial charge < -0.3 is 15.5 Å². The van der Waals surface area contributed by atoms with E-state index in [1.54, 1.807) is 18.2 Å². The lowest BCUT2D eigenvalue weighted by molar-refractivity contribution is 0.0918. The lowest BCUT2D eigenvalue weighted by atomic mass is 10.0. The van der Waals surface area contributed by atoms with Gasteiger partial charge >= 0.3 is 0 Å². The van der Waals surface area contributed by atoms with E-state index in [4.69, 9.17) is 0 Å². The number of nitrogens with one attached hydrogen (secondary N) is 2. The molecule has 1 aromatic heterocycles. The summed E-state index contributed by atoms with van der Waals surface area (Å²) in [5, 5.41) is 7.79. The Bertz CT molecular complexity index is 707. The predicted octanol–water partition coefficient (Wildman–Crippen LogP) is 2.82. The van der Waals surface area contributed by atoms with Gasteiger partial charge in [0.1, 0.15) is 0 Å². The first kappa shape index (κ1) is 16.7. The highest BCUT2D eigenvalue weighted by Crippen LogP contribution is 2.19. The second-order valence-electron chi connectivity index (χ2n) is 6.03. The molecule has 2 heterocycles. The summed E-state index contributed by atoms with van der Waals surface area (Å²) in [6.07, 6.45) is 1.90. The molecule has 0 bridgehead atoms. The van der Waals surface area contributed by atoms with Gasteiger partial charge in [0.2, 0.25) is 0 Å². The van der Waals surface area contributed by atoms with Crippen LogP contribution in [0.3, 0.4) is 0 Å². The minimum absolute atomic E-state index is 0.133. The molecule has 1 fully saturated rings. The molecule has 24 heavy (non-hydrogen) atoms. The van der Waals surface area contributed by atoms with Crippen molar-refractivity contribution < 1.29 is 9.59 Å². The number of nitrogens with zero attached hydrogens (tertiary/aromatic N) is 1. The van der Waals surface area contributed by atoms with Crippen molar-refractivity contribution in [2.75, 3.05) is 25.5 Å². The molecular formula is C18H21N3O2S. The molecule has 0 aliphatic carbocycles. The van der Waals surface area contributed by atoms with Gasteiger partial charge in [-0.3, -0.25) is 9.59 Å². The van der Waals surface area contributed by atoms with Crippen LogP contribution in [0.5, 0.6) is 0 Å². The number of hydrogen-bond acceptors (Lipinski definition) is 4. The van der Waals surface area contributed by atoms with E-state index in [-0.39, 0.29) is 17.9 Å². The van der Waals surface area contributed by atoms with Crippen molar-refractivity contribution in [2.24, 2.45) is 0 Å². The fourth-order valence-electron chi connectivity index (χ4n) is 2.80. The summed E-state index contributed by atoms with van der Waals surface area (Å²) in [7, 11) is 2.09. The van der Waals surface area contributed by atoms with E-state index in [0.29, 0.717) is 16.1 Å². The fraction of sp³-hybridized carbons (Fsp3) is 0.333. The molecule has 1 aliphatic heterocycles. The summed E-state index contributed by atoms with van der Waals surface area (Å²) in [6, 6.07) is 10.9. The topological polar surface area (TPSA) is 61.4 Å². The van der Waals surface area contributed by atoms with Crippen LogP contribution in [0.15, 0.2) is 41.8 Å². The van der Waals surface area contributed by atoms with Crippen LogP contribution >= 0.6 is 11.3 Å². The lowest BCUT2D eigenvalue weighted by Crippen LogP contribution is -2.43. The van der Waals surface area contributed by atoms with E-state index in [2.05, 4.69) is 22.6 Å². The van der Waals surface area contributed by atoms with Crippen LogP contribution in [-0.2, 0) is 0 Å². The molecule has 5 nitrogen and oxygen atoms in total. The number of carbonyl (C=O) groups excluding carboxylic acids is 2. The maximum absolute atomic E-state index is 12.6. The summed E-state index contributed by atoms with van der Waals surface area (Å²) < 4.78 is 0. The third-order valence-electron chi connectivity index (χ3n) is 4.22. The molecule has 1 aromatic carbocycles. The Hall–Kier alpha value is -2.18. The van der Waals surface area contributed by atoms with Gasteiger partial charge in [-0.05, 0) is 56.6 Å². The molecule has 0 saturated carbocycles. The number of thiophene rings is 1. The quantitative estimate of drug-likeness (QED) is 0.897.